The van der Waals surface area contributed by atoms with Crippen LogP contribution in [0.3, 0.4) is 0 Å². The average Bonchev–Trinajstić information content (AvgIpc) is 2.32. The van der Waals surface area contributed by atoms with Crippen LogP contribution < -0.4 is 5.73 Å². The minimum absolute atomic E-state index is 0.0493. The van der Waals surface area contributed by atoms with Gasteiger partial charge in [-0.05, 0) is 39.4 Å². The third kappa shape index (κ3) is 3.50. The third-order valence-corrected chi connectivity index (χ3v) is 4.56. The van der Waals surface area contributed by atoms with Crippen LogP contribution >= 0.6 is 11.9 Å². The van der Waals surface area contributed by atoms with E-state index in [9.17, 15) is 9.70 Å². The van der Waals surface area contributed by atoms with Crippen molar-refractivity contribution in [2.24, 2.45) is 10.3 Å². The first-order chi connectivity index (χ1) is 8.05. The van der Waals surface area contributed by atoms with Gasteiger partial charge >= 0.3 is 0 Å². The highest BCUT2D eigenvalue weighted by molar-refractivity contribution is 7.99. The van der Waals surface area contributed by atoms with Gasteiger partial charge in [-0.2, -0.15) is 0 Å². The van der Waals surface area contributed by atoms with Crippen molar-refractivity contribution in [2.45, 2.75) is 43.4 Å². The monoisotopic (exact) mass is 259 g/mol. The molecule has 0 aromatic heterocycles. The molecule has 0 saturated carbocycles. The van der Waals surface area contributed by atoms with E-state index in [0.717, 1.165) is 44.3 Å². The molecule has 0 amide bonds. The summed E-state index contributed by atoms with van der Waals surface area (Å²) in [5.74, 6) is 0.0493. The summed E-state index contributed by atoms with van der Waals surface area (Å²) in [7, 11) is 2.03. The van der Waals surface area contributed by atoms with Crippen LogP contribution in [-0.2, 0) is 4.79 Å². The SMILES string of the molecule is CCCC(=O)C(N)C1(SN=O)CCN(C)CC1. The smallest absolute Gasteiger partial charge is 0.151 e. The van der Waals surface area contributed by atoms with Gasteiger partial charge in [-0.3, -0.25) is 4.79 Å². The molecule has 0 aliphatic carbocycles. The van der Waals surface area contributed by atoms with E-state index in [-0.39, 0.29) is 5.78 Å². The van der Waals surface area contributed by atoms with Gasteiger partial charge in [-0.15, -0.1) is 4.91 Å². The van der Waals surface area contributed by atoms with Crippen LogP contribution in [0.5, 0.6) is 0 Å². The summed E-state index contributed by atoms with van der Waals surface area (Å²) in [6.45, 7) is 3.67. The number of carbonyl (C=O) groups is 1. The van der Waals surface area contributed by atoms with Crippen molar-refractivity contribution in [3.05, 3.63) is 4.91 Å². The van der Waals surface area contributed by atoms with Crippen LogP contribution in [0.4, 0.5) is 0 Å². The quantitative estimate of drug-likeness (QED) is 0.578. The second-order valence-electron chi connectivity index (χ2n) is 4.73. The summed E-state index contributed by atoms with van der Waals surface area (Å²) in [5, 5.41) is 0. The second kappa shape index (κ2) is 6.47. The summed E-state index contributed by atoms with van der Waals surface area (Å²) in [4.78, 5) is 24.7. The van der Waals surface area contributed by atoms with Crippen molar-refractivity contribution in [2.75, 3.05) is 20.1 Å². The number of hydrogen-bond acceptors (Lipinski definition) is 6. The molecule has 6 heteroatoms. The standard InChI is InChI=1S/C11H21N3O2S/c1-3-4-9(15)10(12)11(17-13-16)5-7-14(2)8-6-11/h10H,3-8,12H2,1-2H3. The average molecular weight is 259 g/mol. The highest BCUT2D eigenvalue weighted by Crippen LogP contribution is 2.39. The number of nitrogens with zero attached hydrogens (tertiary/aromatic N) is 2. The predicted molar refractivity (Wildman–Crippen MR) is 70.7 cm³/mol. The first-order valence-corrected chi connectivity index (χ1v) is 6.80. The van der Waals surface area contributed by atoms with E-state index in [0.29, 0.717) is 6.42 Å². The number of nitroso groups, excluding NO2 is 1. The Morgan fingerprint density at radius 1 is 1.53 bits per heavy atom. The summed E-state index contributed by atoms with van der Waals surface area (Å²) < 4.78 is 2.45. The Kier molecular flexibility index (Phi) is 5.55. The highest BCUT2D eigenvalue weighted by Gasteiger charge is 2.43. The largest absolute Gasteiger partial charge is 0.320 e. The Bertz CT molecular complexity index is 278. The number of carbonyl (C=O) groups excluding carboxylic acids is 1. The molecule has 0 bridgehead atoms. The molecule has 98 valence electrons. The molecule has 0 aromatic rings. The Morgan fingerprint density at radius 2 is 2.12 bits per heavy atom. The normalized spacial score (nSPS) is 22.1. The molecular weight excluding hydrogens is 238 g/mol. The Hall–Kier alpha value is -0.460. The molecule has 5 nitrogen and oxygen atoms in total. The third-order valence-electron chi connectivity index (χ3n) is 3.46. The van der Waals surface area contributed by atoms with Crippen LogP contribution in [0.2, 0.25) is 0 Å². The van der Waals surface area contributed by atoms with Crippen LogP contribution in [-0.4, -0.2) is 41.6 Å². The molecular formula is C11H21N3O2S. The molecule has 1 heterocycles. The van der Waals surface area contributed by atoms with Crippen LogP contribution in [0.1, 0.15) is 32.6 Å². The molecule has 0 aromatic carbocycles. The molecule has 17 heavy (non-hydrogen) atoms. The number of rotatable bonds is 6. The van der Waals surface area contributed by atoms with Gasteiger partial charge < -0.3 is 10.6 Å². The summed E-state index contributed by atoms with van der Waals surface area (Å²) in [6.07, 6.45) is 2.77. The predicted octanol–water partition coefficient (Wildman–Crippen LogP) is 1.56. The molecule has 1 atom stereocenters. The maximum atomic E-state index is 11.9. The molecule has 1 unspecified atom stereocenters. The van der Waals surface area contributed by atoms with Gasteiger partial charge in [0, 0.05) is 23.0 Å². The number of Topliss-reactive ketones (excluding diaryl/α,β-unsaturated/α-hetero) is 1. The Balaban J connectivity index is 2.76. The minimum Gasteiger partial charge on any atom is -0.320 e. The van der Waals surface area contributed by atoms with E-state index in [2.05, 4.69) is 9.48 Å². The first kappa shape index (κ1) is 14.6. The number of likely N-dealkylation sites (tertiary alicyclic amines) is 1. The van der Waals surface area contributed by atoms with Crippen molar-refractivity contribution in [3.63, 3.8) is 0 Å². The first-order valence-electron chi connectivity index (χ1n) is 6.03. The van der Waals surface area contributed by atoms with E-state index in [4.69, 9.17) is 5.73 Å². The van der Waals surface area contributed by atoms with Crippen molar-refractivity contribution in [1.29, 1.82) is 0 Å². The molecule has 1 saturated heterocycles. The molecule has 1 rings (SSSR count). The van der Waals surface area contributed by atoms with Crippen LogP contribution in [0, 0.1) is 4.91 Å². The maximum Gasteiger partial charge on any atom is 0.151 e. The fourth-order valence-corrected chi connectivity index (χ4v) is 2.98. The summed E-state index contributed by atoms with van der Waals surface area (Å²) >= 11 is 0.961. The highest BCUT2D eigenvalue weighted by atomic mass is 32.2. The van der Waals surface area contributed by atoms with Gasteiger partial charge in [-0.1, -0.05) is 6.92 Å². The molecule has 0 spiro atoms. The maximum absolute atomic E-state index is 11.9. The lowest BCUT2D eigenvalue weighted by molar-refractivity contribution is -0.121. The number of hydrogen-bond donors (Lipinski definition) is 1. The zero-order valence-electron chi connectivity index (χ0n) is 10.5. The topological polar surface area (TPSA) is 75.8 Å². The van der Waals surface area contributed by atoms with Gasteiger partial charge in [0.2, 0.25) is 0 Å². The van der Waals surface area contributed by atoms with Gasteiger partial charge in [0.25, 0.3) is 0 Å². The number of piperidine rings is 1. The molecule has 1 aliphatic rings. The summed E-state index contributed by atoms with van der Waals surface area (Å²) in [6, 6.07) is -0.571. The lowest BCUT2D eigenvalue weighted by Crippen LogP contribution is -2.55. The Morgan fingerprint density at radius 3 is 2.59 bits per heavy atom. The van der Waals surface area contributed by atoms with E-state index < -0.39 is 10.8 Å². The zero-order chi connectivity index (χ0) is 12.9. The van der Waals surface area contributed by atoms with Crippen molar-refractivity contribution in [3.8, 4) is 0 Å². The minimum atomic E-state index is -0.571. The van der Waals surface area contributed by atoms with Crippen LogP contribution in [0.15, 0.2) is 4.58 Å². The van der Waals surface area contributed by atoms with Crippen molar-refractivity contribution in [1.82, 2.24) is 4.90 Å². The van der Waals surface area contributed by atoms with E-state index in [1.165, 1.54) is 0 Å². The van der Waals surface area contributed by atoms with E-state index >= 15 is 0 Å². The number of nitrogens with two attached hydrogens (primary N) is 1. The zero-order valence-corrected chi connectivity index (χ0v) is 11.3. The van der Waals surface area contributed by atoms with Crippen LogP contribution in [0.25, 0.3) is 0 Å². The lowest BCUT2D eigenvalue weighted by Gasteiger charge is -2.41. The van der Waals surface area contributed by atoms with Gasteiger partial charge in [0.1, 0.15) is 0 Å². The fraction of sp³-hybridized carbons (Fsp3) is 0.909. The molecule has 0 radical (unpaired) electrons. The van der Waals surface area contributed by atoms with E-state index in [1.54, 1.807) is 0 Å². The fourth-order valence-electron chi connectivity index (χ4n) is 2.23. The van der Waals surface area contributed by atoms with Crippen molar-refractivity contribution < 1.29 is 4.79 Å². The Labute approximate surface area is 107 Å². The van der Waals surface area contributed by atoms with Gasteiger partial charge in [0.05, 0.1) is 10.8 Å². The lowest BCUT2D eigenvalue weighted by atomic mass is 9.85. The van der Waals surface area contributed by atoms with Crippen molar-refractivity contribution >= 4 is 17.7 Å². The van der Waals surface area contributed by atoms with E-state index in [1.807, 2.05) is 14.0 Å². The van der Waals surface area contributed by atoms with Gasteiger partial charge in [0.15, 0.2) is 5.78 Å². The number of ketones is 1. The molecule has 1 aliphatic heterocycles. The van der Waals surface area contributed by atoms with Gasteiger partial charge in [-0.25, -0.2) is 0 Å². The molecule has 1 fully saturated rings. The summed E-state index contributed by atoms with van der Waals surface area (Å²) in [5.41, 5.74) is 6.06. The molecule has 2 N–H and O–H groups in total. The second-order valence-corrected chi connectivity index (χ2v) is 5.87.